The summed E-state index contributed by atoms with van der Waals surface area (Å²) in [6.45, 7) is 6.74. The number of carbonyl (C=O) groups is 1. The van der Waals surface area contributed by atoms with Gasteiger partial charge in [0.15, 0.2) is 0 Å². The lowest BCUT2D eigenvalue weighted by atomic mass is 10.1. The van der Waals surface area contributed by atoms with Crippen LogP contribution in [0.4, 0.5) is 0 Å². The van der Waals surface area contributed by atoms with Gasteiger partial charge < -0.3 is 9.47 Å². The molecular formula is C16H19NO3. The Morgan fingerprint density at radius 1 is 1.35 bits per heavy atom. The van der Waals surface area contributed by atoms with Crippen LogP contribution >= 0.6 is 0 Å². The third kappa shape index (κ3) is 5.15. The fourth-order valence-electron chi connectivity index (χ4n) is 1.49. The molecule has 4 heteroatoms. The Hall–Kier alpha value is -2.28. The molecule has 4 nitrogen and oxygen atoms in total. The first-order chi connectivity index (χ1) is 9.56. The number of carbonyl (C=O) groups excluding carboxylic acids is 1. The largest absolute Gasteiger partial charge is 0.494 e. The minimum absolute atomic E-state index is 0.267. The molecule has 0 radical (unpaired) electrons. The smallest absolute Gasteiger partial charge is 0.332 e. The van der Waals surface area contributed by atoms with Gasteiger partial charge in [-0.2, -0.15) is 5.26 Å². The van der Waals surface area contributed by atoms with E-state index in [1.165, 1.54) is 6.08 Å². The fraction of sp³-hybridized carbons (Fsp3) is 0.375. The standard InChI is InChI=1S/C16H19NO3/c1-4-19-15-7-5-13(6-8-15)14(10-17)9-16(18)20-11-12(2)3/h5-9,12H,4,11H2,1-3H3. The first kappa shape index (κ1) is 15.8. The summed E-state index contributed by atoms with van der Waals surface area (Å²) in [7, 11) is 0. The molecule has 20 heavy (non-hydrogen) atoms. The number of hydrogen-bond acceptors (Lipinski definition) is 4. The van der Waals surface area contributed by atoms with Crippen molar-refractivity contribution in [2.75, 3.05) is 13.2 Å². The van der Waals surface area contributed by atoms with Crippen molar-refractivity contribution in [1.29, 1.82) is 5.26 Å². The maximum Gasteiger partial charge on any atom is 0.332 e. The maximum absolute atomic E-state index is 11.6. The van der Waals surface area contributed by atoms with Crippen LogP contribution in [0.3, 0.4) is 0 Å². The number of allylic oxidation sites excluding steroid dienone is 1. The van der Waals surface area contributed by atoms with E-state index in [1.54, 1.807) is 24.3 Å². The van der Waals surface area contributed by atoms with Gasteiger partial charge in [0.25, 0.3) is 0 Å². The minimum atomic E-state index is -0.496. The Labute approximate surface area is 119 Å². The summed E-state index contributed by atoms with van der Waals surface area (Å²) >= 11 is 0. The van der Waals surface area contributed by atoms with Crippen LogP contribution in [0.15, 0.2) is 30.3 Å². The summed E-state index contributed by atoms with van der Waals surface area (Å²) in [6, 6.07) is 9.03. The Balaban J connectivity index is 2.79. The molecular weight excluding hydrogens is 254 g/mol. The van der Waals surface area contributed by atoms with Crippen LogP contribution in [0, 0.1) is 17.2 Å². The van der Waals surface area contributed by atoms with Gasteiger partial charge in [-0.1, -0.05) is 13.8 Å². The first-order valence-electron chi connectivity index (χ1n) is 6.58. The van der Waals surface area contributed by atoms with E-state index in [2.05, 4.69) is 0 Å². The summed E-state index contributed by atoms with van der Waals surface area (Å²) in [5, 5.41) is 9.12. The normalized spacial score (nSPS) is 11.1. The molecule has 0 aromatic heterocycles. The SMILES string of the molecule is CCOc1ccc(C(C#N)=CC(=O)OCC(C)C)cc1. The third-order valence-corrected chi connectivity index (χ3v) is 2.42. The van der Waals surface area contributed by atoms with Crippen LogP contribution < -0.4 is 4.74 Å². The summed E-state index contributed by atoms with van der Waals surface area (Å²) in [5.74, 6) is 0.503. The molecule has 0 fully saturated rings. The van der Waals surface area contributed by atoms with E-state index < -0.39 is 5.97 Å². The molecule has 1 aromatic carbocycles. The highest BCUT2D eigenvalue weighted by atomic mass is 16.5. The van der Waals surface area contributed by atoms with Gasteiger partial charge in [-0.05, 0) is 42.7 Å². The first-order valence-corrected chi connectivity index (χ1v) is 6.58. The Morgan fingerprint density at radius 3 is 2.50 bits per heavy atom. The van der Waals surface area contributed by atoms with Gasteiger partial charge in [0.2, 0.25) is 0 Å². The number of nitriles is 1. The van der Waals surface area contributed by atoms with Gasteiger partial charge in [-0.25, -0.2) is 4.79 Å². The quantitative estimate of drug-likeness (QED) is 0.453. The molecule has 0 aliphatic heterocycles. The van der Waals surface area contributed by atoms with Gasteiger partial charge in [-0.15, -0.1) is 0 Å². The topological polar surface area (TPSA) is 59.3 Å². The van der Waals surface area contributed by atoms with E-state index in [0.717, 1.165) is 5.75 Å². The van der Waals surface area contributed by atoms with Crippen molar-refractivity contribution >= 4 is 11.5 Å². The second kappa shape index (κ2) is 8.00. The lowest BCUT2D eigenvalue weighted by molar-refractivity contribution is -0.138. The van der Waals surface area contributed by atoms with Gasteiger partial charge in [0, 0.05) is 6.08 Å². The molecule has 0 unspecified atom stereocenters. The zero-order valence-corrected chi connectivity index (χ0v) is 12.1. The molecule has 0 amide bonds. The lowest BCUT2D eigenvalue weighted by Crippen LogP contribution is -2.07. The molecule has 0 bridgehead atoms. The summed E-state index contributed by atoms with van der Waals surface area (Å²) in [6.07, 6.45) is 1.22. The van der Waals surface area contributed by atoms with Crippen LogP contribution in [-0.4, -0.2) is 19.2 Å². The number of esters is 1. The second-order valence-corrected chi connectivity index (χ2v) is 4.65. The Kier molecular flexibility index (Phi) is 6.31. The van der Waals surface area contributed by atoms with Gasteiger partial charge >= 0.3 is 5.97 Å². The molecule has 0 heterocycles. The van der Waals surface area contributed by atoms with Crippen molar-refractivity contribution < 1.29 is 14.3 Å². The van der Waals surface area contributed by atoms with Gasteiger partial charge in [0.05, 0.1) is 18.8 Å². The highest BCUT2D eigenvalue weighted by molar-refractivity contribution is 5.95. The number of rotatable bonds is 6. The van der Waals surface area contributed by atoms with Gasteiger partial charge in [0.1, 0.15) is 11.8 Å². The molecule has 0 N–H and O–H groups in total. The van der Waals surface area contributed by atoms with Crippen molar-refractivity contribution in [3.8, 4) is 11.8 Å². The van der Waals surface area contributed by atoms with Crippen LogP contribution in [0.25, 0.3) is 5.57 Å². The zero-order valence-electron chi connectivity index (χ0n) is 12.1. The zero-order chi connectivity index (χ0) is 15.0. The van der Waals surface area contributed by atoms with Crippen LogP contribution in [0.2, 0.25) is 0 Å². The molecule has 0 spiro atoms. The van der Waals surface area contributed by atoms with E-state index in [1.807, 2.05) is 26.8 Å². The van der Waals surface area contributed by atoms with Crippen LogP contribution in [0.1, 0.15) is 26.3 Å². The van der Waals surface area contributed by atoms with Crippen LogP contribution in [-0.2, 0) is 9.53 Å². The molecule has 1 aromatic rings. The fourth-order valence-corrected chi connectivity index (χ4v) is 1.49. The van der Waals surface area contributed by atoms with E-state index >= 15 is 0 Å². The Morgan fingerprint density at radius 2 is 2.00 bits per heavy atom. The summed E-state index contributed by atoms with van der Waals surface area (Å²) < 4.78 is 10.4. The molecule has 0 atom stereocenters. The molecule has 0 aliphatic carbocycles. The number of nitrogens with zero attached hydrogens (tertiary/aromatic N) is 1. The summed E-state index contributed by atoms with van der Waals surface area (Å²) in [4.78, 5) is 11.6. The monoisotopic (exact) mass is 273 g/mol. The molecule has 0 aliphatic rings. The van der Waals surface area contributed by atoms with Crippen LogP contribution in [0.5, 0.6) is 5.75 Å². The van der Waals surface area contributed by atoms with Crippen molar-refractivity contribution in [2.24, 2.45) is 5.92 Å². The third-order valence-electron chi connectivity index (χ3n) is 2.42. The molecule has 0 saturated carbocycles. The predicted octanol–water partition coefficient (Wildman–Crippen LogP) is 3.19. The minimum Gasteiger partial charge on any atom is -0.494 e. The highest BCUT2D eigenvalue weighted by Crippen LogP contribution is 2.18. The number of benzene rings is 1. The maximum atomic E-state index is 11.6. The average molecular weight is 273 g/mol. The predicted molar refractivity (Wildman–Crippen MR) is 77.0 cm³/mol. The summed E-state index contributed by atoms with van der Waals surface area (Å²) in [5.41, 5.74) is 0.944. The van der Waals surface area contributed by atoms with E-state index in [0.29, 0.717) is 18.8 Å². The average Bonchev–Trinajstić information content (AvgIpc) is 2.44. The van der Waals surface area contributed by atoms with Gasteiger partial charge in [-0.3, -0.25) is 0 Å². The Bertz CT molecular complexity index is 510. The van der Waals surface area contributed by atoms with E-state index in [4.69, 9.17) is 14.7 Å². The molecule has 106 valence electrons. The van der Waals surface area contributed by atoms with Crippen molar-refractivity contribution in [2.45, 2.75) is 20.8 Å². The second-order valence-electron chi connectivity index (χ2n) is 4.65. The van der Waals surface area contributed by atoms with Crippen molar-refractivity contribution in [3.63, 3.8) is 0 Å². The molecule has 1 rings (SSSR count). The molecule has 0 saturated heterocycles. The lowest BCUT2D eigenvalue weighted by Gasteiger charge is -2.06. The van der Waals surface area contributed by atoms with E-state index in [9.17, 15) is 4.79 Å². The van der Waals surface area contributed by atoms with Crippen molar-refractivity contribution in [3.05, 3.63) is 35.9 Å². The number of hydrogen-bond donors (Lipinski definition) is 0. The van der Waals surface area contributed by atoms with E-state index in [-0.39, 0.29) is 11.5 Å². The highest BCUT2D eigenvalue weighted by Gasteiger charge is 2.06. The van der Waals surface area contributed by atoms with Crippen molar-refractivity contribution in [1.82, 2.24) is 0 Å². The number of ether oxygens (including phenoxy) is 2.